The van der Waals surface area contributed by atoms with Gasteiger partial charge in [0, 0.05) is 5.92 Å². The number of aliphatic hydroxyl groups excluding tert-OH is 8. The molecule has 7 unspecified atom stereocenters. The van der Waals surface area contributed by atoms with Crippen molar-refractivity contribution in [1.29, 1.82) is 0 Å². The Morgan fingerprint density at radius 2 is 0.939 bits per heavy atom. The highest BCUT2D eigenvalue weighted by Gasteiger charge is 2.40. The lowest BCUT2D eigenvalue weighted by Gasteiger charge is -2.36. The molecular weight excluding hydrogens is 634 g/mol. The maximum absolute atomic E-state index is 12.7. The van der Waals surface area contributed by atoms with Crippen molar-refractivity contribution in [2.45, 2.75) is 207 Å². The summed E-state index contributed by atoms with van der Waals surface area (Å²) >= 11 is 0. The number of halogens is 2. The minimum absolute atomic E-state index is 0. The summed E-state index contributed by atoms with van der Waals surface area (Å²) < 4.78 is 25.4. The second kappa shape index (κ2) is 33.4. The second-order valence-electron chi connectivity index (χ2n) is 15.5. The molecule has 0 aliphatic heterocycles. The summed E-state index contributed by atoms with van der Waals surface area (Å²) in [5.41, 5.74) is -0.214. The minimum Gasteiger partial charge on any atom is -0.394 e. The summed E-state index contributed by atoms with van der Waals surface area (Å²) in [5, 5.41) is 72.0. The lowest BCUT2D eigenvalue weighted by Crippen LogP contribution is -2.41. The minimum atomic E-state index is -2.94. The Morgan fingerprint density at radius 1 is 0.551 bits per heavy atom. The molecule has 8 nitrogen and oxygen atoms in total. The SMILES string of the molecule is C.C.CC(C)C(O)C(O)CO.CC(C)CC(O)C(C)C.CC(O)C(O)C(C)(C)C(C)C.CCC(O)C(F)(F)C(C)C.CCC(O)CC(C)C. The fourth-order valence-corrected chi connectivity index (χ4v) is 3.64. The third-order valence-electron chi connectivity index (χ3n) is 8.27. The van der Waals surface area contributed by atoms with Crippen LogP contribution in [0.3, 0.4) is 0 Å². The van der Waals surface area contributed by atoms with Gasteiger partial charge in [-0.2, -0.15) is 0 Å². The molecule has 7 atom stereocenters. The van der Waals surface area contributed by atoms with Crippen LogP contribution in [-0.4, -0.2) is 96.1 Å². The van der Waals surface area contributed by atoms with Crippen LogP contribution in [-0.2, 0) is 0 Å². The predicted molar refractivity (Wildman–Crippen MR) is 206 cm³/mol. The Kier molecular flexibility index (Phi) is 43.3. The van der Waals surface area contributed by atoms with E-state index in [9.17, 15) is 19.0 Å². The van der Waals surface area contributed by atoms with E-state index < -0.39 is 42.4 Å². The third-order valence-corrected chi connectivity index (χ3v) is 8.27. The first kappa shape index (κ1) is 63.6. The topological polar surface area (TPSA) is 162 Å². The molecule has 0 aliphatic rings. The molecule has 0 fully saturated rings. The summed E-state index contributed by atoms with van der Waals surface area (Å²) in [5.74, 6) is -1.71. The van der Waals surface area contributed by atoms with Crippen LogP contribution in [0.4, 0.5) is 8.78 Å². The Hall–Kier alpha value is -0.460. The number of aliphatic hydroxyl groups is 8. The highest BCUT2D eigenvalue weighted by molar-refractivity contribution is 4.83. The average Bonchev–Trinajstić information content (AvgIpc) is 2.95. The lowest BCUT2D eigenvalue weighted by atomic mass is 9.74. The standard InChI is InChI=1S/C9H20O2.C8H18O.C7H14F2O.C7H16O.C6H14O3.2CH4/c1-6(2)9(4,5)8(11)7(3)10;1-6(2)5-8(9)7(3)4;1-4-6(10)7(8,9)5(2)3;1-4-7(8)5-6(2)3;1-4(2)6(9)5(8)3-7;;/h6-8,10-11H,1-5H3;6-9H,5H2,1-4H3;5-6,10H,4H2,1-3H3;6-8H,4-5H2,1-3H3;4-9H,3H2,1-2H3;2*1H4. The van der Waals surface area contributed by atoms with Crippen molar-refractivity contribution >= 4 is 0 Å². The summed E-state index contributed by atoms with van der Waals surface area (Å²) in [6, 6.07) is 0. The number of hydrogen-bond acceptors (Lipinski definition) is 8. The van der Waals surface area contributed by atoms with Crippen LogP contribution in [0.25, 0.3) is 0 Å². The van der Waals surface area contributed by atoms with Crippen LogP contribution in [0.2, 0.25) is 0 Å². The molecule has 0 saturated carbocycles. The molecule has 0 spiro atoms. The molecule has 0 heterocycles. The summed E-state index contributed by atoms with van der Waals surface area (Å²) in [4.78, 5) is 0. The van der Waals surface area contributed by atoms with Crippen LogP contribution in [0.15, 0.2) is 0 Å². The zero-order chi connectivity index (χ0) is 39.0. The Labute approximate surface area is 303 Å². The normalized spacial score (nSPS) is 15.9. The predicted octanol–water partition coefficient (Wildman–Crippen LogP) is 7.94. The Balaban J connectivity index is -0.0000000894. The quantitative estimate of drug-likeness (QED) is 0.0845. The molecule has 10 heteroatoms. The first-order chi connectivity index (χ1) is 21.0. The van der Waals surface area contributed by atoms with Gasteiger partial charge in [0.2, 0.25) is 0 Å². The van der Waals surface area contributed by atoms with E-state index in [2.05, 4.69) is 27.7 Å². The van der Waals surface area contributed by atoms with Gasteiger partial charge in [-0.1, -0.05) is 126 Å². The zero-order valence-electron chi connectivity index (χ0n) is 33.4. The molecular formula is C39H90F2O8. The fourth-order valence-electron chi connectivity index (χ4n) is 3.64. The summed E-state index contributed by atoms with van der Waals surface area (Å²) in [6.45, 7) is 31.8. The molecule has 8 N–H and O–H groups in total. The largest absolute Gasteiger partial charge is 0.394 e. The third kappa shape index (κ3) is 34.4. The van der Waals surface area contributed by atoms with Crippen molar-refractivity contribution in [2.75, 3.05) is 6.61 Å². The maximum atomic E-state index is 12.7. The summed E-state index contributed by atoms with van der Waals surface area (Å²) in [7, 11) is 0. The van der Waals surface area contributed by atoms with E-state index >= 15 is 0 Å². The monoisotopic (exact) mass is 725 g/mol. The Bertz CT molecular complexity index is 671. The van der Waals surface area contributed by atoms with Crippen molar-refractivity contribution in [3.8, 4) is 0 Å². The van der Waals surface area contributed by atoms with E-state index in [1.165, 1.54) is 13.8 Å². The van der Waals surface area contributed by atoms with Gasteiger partial charge in [-0.3, -0.25) is 0 Å². The number of alkyl halides is 2. The van der Waals surface area contributed by atoms with Gasteiger partial charge >= 0.3 is 0 Å². The van der Waals surface area contributed by atoms with E-state index in [4.69, 9.17) is 30.6 Å². The van der Waals surface area contributed by atoms with Crippen LogP contribution in [0, 0.1) is 40.9 Å². The van der Waals surface area contributed by atoms with Crippen LogP contribution in [0.1, 0.15) is 158 Å². The molecule has 0 amide bonds. The first-order valence-corrected chi connectivity index (χ1v) is 17.8. The molecule has 0 aromatic rings. The zero-order valence-corrected chi connectivity index (χ0v) is 33.4. The van der Waals surface area contributed by atoms with Crippen molar-refractivity contribution in [2.24, 2.45) is 40.9 Å². The van der Waals surface area contributed by atoms with E-state index in [1.54, 1.807) is 27.7 Å². The van der Waals surface area contributed by atoms with Gasteiger partial charge < -0.3 is 40.9 Å². The molecule has 0 aliphatic carbocycles. The second-order valence-corrected chi connectivity index (χ2v) is 15.5. The van der Waals surface area contributed by atoms with Gasteiger partial charge in [-0.25, -0.2) is 8.78 Å². The van der Waals surface area contributed by atoms with Crippen molar-refractivity contribution in [3.05, 3.63) is 0 Å². The molecule has 0 radical (unpaired) electrons. The van der Waals surface area contributed by atoms with Crippen molar-refractivity contribution in [3.63, 3.8) is 0 Å². The van der Waals surface area contributed by atoms with Gasteiger partial charge in [-0.15, -0.1) is 0 Å². The van der Waals surface area contributed by atoms with E-state index in [1.807, 2.05) is 48.5 Å². The molecule has 49 heavy (non-hydrogen) atoms. The van der Waals surface area contributed by atoms with Crippen LogP contribution >= 0.6 is 0 Å². The fraction of sp³-hybridized carbons (Fsp3) is 1.00. The highest BCUT2D eigenvalue weighted by atomic mass is 19.3. The molecule has 308 valence electrons. The van der Waals surface area contributed by atoms with E-state index in [0.717, 1.165) is 19.3 Å². The molecule has 0 aromatic heterocycles. The smallest absolute Gasteiger partial charge is 0.275 e. The van der Waals surface area contributed by atoms with Gasteiger partial charge in [0.15, 0.2) is 0 Å². The van der Waals surface area contributed by atoms with E-state index in [-0.39, 0.29) is 51.4 Å². The van der Waals surface area contributed by atoms with E-state index in [0.29, 0.717) is 23.7 Å². The van der Waals surface area contributed by atoms with Crippen molar-refractivity contribution < 1.29 is 49.6 Å². The van der Waals surface area contributed by atoms with Gasteiger partial charge in [0.05, 0.1) is 37.1 Å². The molecule has 0 bridgehead atoms. The number of rotatable bonds is 15. The summed E-state index contributed by atoms with van der Waals surface area (Å²) in [6.07, 6.45) is -1.90. The van der Waals surface area contributed by atoms with Gasteiger partial charge in [0.25, 0.3) is 5.92 Å². The molecule has 0 rings (SSSR count). The maximum Gasteiger partial charge on any atom is 0.275 e. The Morgan fingerprint density at radius 3 is 1.04 bits per heavy atom. The van der Waals surface area contributed by atoms with Gasteiger partial charge in [0.1, 0.15) is 12.2 Å². The molecule has 0 saturated heterocycles. The van der Waals surface area contributed by atoms with Crippen LogP contribution < -0.4 is 0 Å². The van der Waals surface area contributed by atoms with Crippen molar-refractivity contribution in [1.82, 2.24) is 0 Å². The lowest BCUT2D eigenvalue weighted by molar-refractivity contribution is -0.139. The van der Waals surface area contributed by atoms with Crippen LogP contribution in [0.5, 0.6) is 0 Å². The highest BCUT2D eigenvalue weighted by Crippen LogP contribution is 2.31. The van der Waals surface area contributed by atoms with Gasteiger partial charge in [-0.05, 0) is 67.6 Å². The molecule has 0 aromatic carbocycles. The number of hydrogen-bond donors (Lipinski definition) is 8. The first-order valence-electron chi connectivity index (χ1n) is 17.8. The average molecular weight is 725 g/mol.